The predicted molar refractivity (Wildman–Crippen MR) is 121 cm³/mol. The lowest BCUT2D eigenvalue weighted by atomic mass is 10.1. The highest BCUT2D eigenvalue weighted by Crippen LogP contribution is 2.23. The first-order valence-corrected chi connectivity index (χ1v) is 10.6. The Balaban J connectivity index is 1.86. The summed E-state index contributed by atoms with van der Waals surface area (Å²) in [7, 11) is 0. The number of nitrogens with zero attached hydrogens (tertiary/aromatic N) is 2. The van der Waals surface area contributed by atoms with Crippen molar-refractivity contribution in [3.8, 4) is 0 Å². The number of carbonyl (C=O) groups excluding carboxylic acids is 1. The lowest BCUT2D eigenvalue weighted by Gasteiger charge is -2.14. The van der Waals surface area contributed by atoms with Crippen LogP contribution < -0.4 is 10.9 Å². The van der Waals surface area contributed by atoms with Crippen molar-refractivity contribution in [2.24, 2.45) is 0 Å². The highest BCUT2D eigenvalue weighted by atomic mass is 35.5. The summed E-state index contributed by atoms with van der Waals surface area (Å²) >= 11 is 7.27. The Hall–Kier alpha value is -2.57. The van der Waals surface area contributed by atoms with Crippen LogP contribution in [0, 0.1) is 6.92 Å². The Morgan fingerprint density at radius 3 is 2.86 bits per heavy atom. The maximum absolute atomic E-state index is 12.8. The fourth-order valence-electron chi connectivity index (χ4n) is 3.08. The van der Waals surface area contributed by atoms with E-state index in [1.54, 1.807) is 24.3 Å². The van der Waals surface area contributed by atoms with Crippen molar-refractivity contribution in [3.63, 3.8) is 0 Å². The molecule has 0 radical (unpaired) electrons. The van der Waals surface area contributed by atoms with Gasteiger partial charge in [-0.15, -0.1) is 6.58 Å². The average Bonchev–Trinajstić information content (AvgIpc) is 2.70. The molecule has 0 saturated heterocycles. The molecule has 0 saturated carbocycles. The van der Waals surface area contributed by atoms with Gasteiger partial charge in [0.1, 0.15) is 0 Å². The lowest BCUT2D eigenvalue weighted by Crippen LogP contribution is -2.24. The van der Waals surface area contributed by atoms with E-state index >= 15 is 0 Å². The molecule has 0 fully saturated rings. The first-order valence-electron chi connectivity index (χ1n) is 9.26. The van der Waals surface area contributed by atoms with E-state index in [1.165, 1.54) is 16.3 Å². The van der Waals surface area contributed by atoms with Crippen LogP contribution in [0.5, 0.6) is 0 Å². The van der Waals surface area contributed by atoms with Crippen molar-refractivity contribution in [1.29, 1.82) is 0 Å². The first-order chi connectivity index (χ1) is 13.9. The number of aromatic nitrogens is 2. The van der Waals surface area contributed by atoms with Crippen LogP contribution in [0.1, 0.15) is 18.1 Å². The molecule has 1 heterocycles. The maximum Gasteiger partial charge on any atom is 0.262 e. The maximum atomic E-state index is 12.8. The van der Waals surface area contributed by atoms with Crippen LogP contribution in [0.4, 0.5) is 5.69 Å². The number of amides is 1. The third kappa shape index (κ3) is 4.71. The monoisotopic (exact) mass is 427 g/mol. The van der Waals surface area contributed by atoms with Crippen LogP contribution in [-0.2, 0) is 17.8 Å². The number of hydrogen-bond donors (Lipinski definition) is 1. The van der Waals surface area contributed by atoms with Crippen LogP contribution in [0.25, 0.3) is 10.9 Å². The molecule has 7 heteroatoms. The number of nitrogens with one attached hydrogen (secondary N) is 1. The number of aryl methyl sites for hydroxylation is 2. The number of rotatable bonds is 7. The van der Waals surface area contributed by atoms with E-state index in [-0.39, 0.29) is 17.2 Å². The smallest absolute Gasteiger partial charge is 0.262 e. The van der Waals surface area contributed by atoms with Gasteiger partial charge in [0.2, 0.25) is 5.91 Å². The lowest BCUT2D eigenvalue weighted by molar-refractivity contribution is -0.113. The molecule has 5 nitrogen and oxygen atoms in total. The van der Waals surface area contributed by atoms with Crippen molar-refractivity contribution < 1.29 is 4.79 Å². The minimum Gasteiger partial charge on any atom is -0.325 e. The Labute approximate surface area is 178 Å². The Bertz CT molecular complexity index is 1140. The number of allylic oxidation sites excluding steroid dienone is 1. The van der Waals surface area contributed by atoms with Crippen molar-refractivity contribution in [3.05, 3.63) is 75.6 Å². The summed E-state index contributed by atoms with van der Waals surface area (Å²) < 4.78 is 1.52. The van der Waals surface area contributed by atoms with Crippen LogP contribution >= 0.6 is 23.4 Å². The van der Waals surface area contributed by atoms with Gasteiger partial charge in [0.15, 0.2) is 5.16 Å². The molecule has 0 aliphatic heterocycles. The summed E-state index contributed by atoms with van der Waals surface area (Å²) in [4.78, 5) is 30.0. The number of hydrogen-bond acceptors (Lipinski definition) is 4. The van der Waals surface area contributed by atoms with Gasteiger partial charge < -0.3 is 5.32 Å². The van der Waals surface area contributed by atoms with E-state index in [0.29, 0.717) is 27.6 Å². The number of anilines is 1. The summed E-state index contributed by atoms with van der Waals surface area (Å²) in [5, 5.41) is 4.44. The molecule has 1 aromatic heterocycles. The zero-order valence-corrected chi connectivity index (χ0v) is 17.9. The number of carbonyl (C=O) groups is 1. The quantitative estimate of drug-likeness (QED) is 0.333. The normalized spacial score (nSPS) is 10.9. The number of thioether (sulfide) groups is 1. The highest BCUT2D eigenvalue weighted by Gasteiger charge is 2.14. The standard InChI is InChI=1S/C22H22ClN3O2S/c1-4-11-26-21(28)17-10-9-16(23)12-18(17)24-22(26)29-13-19(27)25-20-14(3)7-6-8-15(20)5-2/h4,6-10,12H,1,5,11,13H2,2-3H3,(H,25,27). The summed E-state index contributed by atoms with van der Waals surface area (Å²) in [6.45, 7) is 8.05. The Morgan fingerprint density at radius 1 is 1.34 bits per heavy atom. The van der Waals surface area contributed by atoms with Gasteiger partial charge in [0.05, 0.1) is 16.7 Å². The predicted octanol–water partition coefficient (Wildman–Crippen LogP) is 4.84. The summed E-state index contributed by atoms with van der Waals surface area (Å²) in [6, 6.07) is 10.9. The van der Waals surface area contributed by atoms with E-state index < -0.39 is 0 Å². The molecule has 0 unspecified atom stereocenters. The zero-order chi connectivity index (χ0) is 21.0. The topological polar surface area (TPSA) is 64.0 Å². The van der Waals surface area contributed by atoms with Gasteiger partial charge in [-0.25, -0.2) is 4.98 Å². The molecule has 1 N–H and O–H groups in total. The molecular formula is C22H22ClN3O2S. The van der Waals surface area contributed by atoms with E-state index in [9.17, 15) is 9.59 Å². The minimum absolute atomic E-state index is 0.132. The SMILES string of the molecule is C=CCn1c(SCC(=O)Nc2c(C)cccc2CC)nc2cc(Cl)ccc2c1=O. The van der Waals surface area contributed by atoms with Gasteiger partial charge in [-0.2, -0.15) is 0 Å². The molecule has 150 valence electrons. The van der Waals surface area contributed by atoms with Crippen LogP contribution in [0.2, 0.25) is 5.02 Å². The molecule has 2 aromatic carbocycles. The van der Waals surface area contributed by atoms with E-state index in [0.717, 1.165) is 23.2 Å². The molecule has 0 aliphatic carbocycles. The van der Waals surface area contributed by atoms with Gasteiger partial charge in [0, 0.05) is 17.3 Å². The largest absolute Gasteiger partial charge is 0.325 e. The Morgan fingerprint density at radius 2 is 2.14 bits per heavy atom. The van der Waals surface area contributed by atoms with Crippen LogP contribution in [-0.4, -0.2) is 21.2 Å². The van der Waals surface area contributed by atoms with Crippen molar-refractivity contribution in [1.82, 2.24) is 9.55 Å². The van der Waals surface area contributed by atoms with E-state index in [4.69, 9.17) is 11.6 Å². The third-order valence-corrected chi connectivity index (χ3v) is 5.74. The molecule has 29 heavy (non-hydrogen) atoms. The number of halogens is 1. The Kier molecular flexibility index (Phi) is 6.77. The van der Waals surface area contributed by atoms with Gasteiger partial charge in [-0.3, -0.25) is 14.2 Å². The molecule has 0 spiro atoms. The second-order valence-electron chi connectivity index (χ2n) is 6.56. The van der Waals surface area contributed by atoms with E-state index in [2.05, 4.69) is 23.8 Å². The third-order valence-electron chi connectivity index (χ3n) is 4.53. The number of benzene rings is 2. The summed E-state index contributed by atoms with van der Waals surface area (Å²) in [6.07, 6.45) is 2.46. The van der Waals surface area contributed by atoms with Crippen molar-refractivity contribution in [2.75, 3.05) is 11.1 Å². The fraction of sp³-hybridized carbons (Fsp3) is 0.227. The first kappa shape index (κ1) is 21.1. The molecule has 3 aromatic rings. The van der Waals surface area contributed by atoms with Gasteiger partial charge in [0.25, 0.3) is 5.56 Å². The highest BCUT2D eigenvalue weighted by molar-refractivity contribution is 7.99. The number of para-hydroxylation sites is 1. The van der Waals surface area contributed by atoms with Crippen molar-refractivity contribution in [2.45, 2.75) is 32.0 Å². The zero-order valence-electron chi connectivity index (χ0n) is 16.4. The summed E-state index contributed by atoms with van der Waals surface area (Å²) in [5.74, 6) is -0.0164. The van der Waals surface area contributed by atoms with Crippen LogP contribution in [0.15, 0.2) is 59.0 Å². The molecular weight excluding hydrogens is 406 g/mol. The second-order valence-corrected chi connectivity index (χ2v) is 7.94. The van der Waals surface area contributed by atoms with Crippen LogP contribution in [0.3, 0.4) is 0 Å². The molecule has 0 aliphatic rings. The van der Waals surface area contributed by atoms with Gasteiger partial charge in [-0.05, 0) is 42.7 Å². The van der Waals surface area contributed by atoms with Gasteiger partial charge >= 0.3 is 0 Å². The molecule has 0 bridgehead atoms. The summed E-state index contributed by atoms with van der Waals surface area (Å²) in [5.41, 5.74) is 3.29. The molecule has 1 amide bonds. The van der Waals surface area contributed by atoms with E-state index in [1.807, 2.05) is 25.1 Å². The van der Waals surface area contributed by atoms with Gasteiger partial charge in [-0.1, -0.05) is 54.6 Å². The number of fused-ring (bicyclic) bond motifs is 1. The average molecular weight is 428 g/mol. The van der Waals surface area contributed by atoms with Crippen molar-refractivity contribution >= 4 is 45.9 Å². The second kappa shape index (κ2) is 9.29. The minimum atomic E-state index is -0.179. The molecule has 0 atom stereocenters. The molecule has 3 rings (SSSR count). The fourth-order valence-corrected chi connectivity index (χ4v) is 4.06.